The van der Waals surface area contributed by atoms with Crippen LogP contribution in [0.1, 0.15) is 46.0 Å². The van der Waals surface area contributed by atoms with Crippen molar-refractivity contribution < 1.29 is 15.0 Å². The predicted molar refractivity (Wildman–Crippen MR) is 75.1 cm³/mol. The highest BCUT2D eigenvalue weighted by Crippen LogP contribution is 2.28. The molecule has 0 heterocycles. The van der Waals surface area contributed by atoms with Crippen molar-refractivity contribution in [2.75, 3.05) is 12.4 Å². The Bertz CT molecular complexity index is 271. The topological polar surface area (TPSA) is 69.6 Å². The maximum Gasteiger partial charge on any atom is 0.323 e. The molecule has 0 saturated heterocycles. The molecule has 5 heteroatoms. The third-order valence-corrected chi connectivity index (χ3v) is 4.72. The lowest BCUT2D eigenvalue weighted by atomic mass is 9.90. The second-order valence-corrected chi connectivity index (χ2v) is 6.67. The van der Waals surface area contributed by atoms with Gasteiger partial charge in [-0.25, -0.2) is 0 Å². The van der Waals surface area contributed by atoms with Crippen LogP contribution in [0.5, 0.6) is 0 Å². The summed E-state index contributed by atoms with van der Waals surface area (Å²) in [5.41, 5.74) is -0.746. The zero-order valence-corrected chi connectivity index (χ0v) is 12.1. The summed E-state index contributed by atoms with van der Waals surface area (Å²) in [6, 6.07) is 0.407. The largest absolute Gasteiger partial charge is 0.480 e. The van der Waals surface area contributed by atoms with Gasteiger partial charge in [0, 0.05) is 11.3 Å². The average molecular weight is 275 g/mol. The third kappa shape index (κ3) is 4.78. The van der Waals surface area contributed by atoms with E-state index in [1.807, 2.05) is 13.8 Å². The molecule has 4 nitrogen and oxygen atoms in total. The highest BCUT2D eigenvalue weighted by atomic mass is 32.2. The first-order valence-corrected chi connectivity index (χ1v) is 7.82. The molecule has 0 radical (unpaired) electrons. The van der Waals surface area contributed by atoms with Gasteiger partial charge < -0.3 is 10.2 Å². The Kier molecular flexibility index (Phi) is 6.46. The molecule has 0 bridgehead atoms. The van der Waals surface area contributed by atoms with E-state index >= 15 is 0 Å². The molecule has 18 heavy (non-hydrogen) atoms. The minimum absolute atomic E-state index is 0.183. The van der Waals surface area contributed by atoms with Crippen LogP contribution in [0.15, 0.2) is 0 Å². The van der Waals surface area contributed by atoms with Crippen molar-refractivity contribution in [1.82, 2.24) is 5.32 Å². The van der Waals surface area contributed by atoms with E-state index in [1.165, 1.54) is 0 Å². The second-order valence-electron chi connectivity index (χ2n) is 5.13. The lowest BCUT2D eigenvalue weighted by Gasteiger charge is -2.29. The van der Waals surface area contributed by atoms with E-state index in [1.54, 1.807) is 11.8 Å². The number of nitrogens with one attached hydrogen (secondary N) is 1. The Labute approximate surface area is 114 Å². The molecular weight excluding hydrogens is 250 g/mol. The molecule has 1 aliphatic carbocycles. The first-order chi connectivity index (χ1) is 8.54. The minimum atomic E-state index is -0.746. The highest BCUT2D eigenvalue weighted by molar-refractivity contribution is 7.99. The third-order valence-electron chi connectivity index (χ3n) is 3.48. The number of carboxylic acid groups (broad SMARTS) is 1. The smallest absolute Gasteiger partial charge is 0.323 e. The molecule has 1 rings (SSSR count). The summed E-state index contributed by atoms with van der Waals surface area (Å²) in [7, 11) is 0. The van der Waals surface area contributed by atoms with Crippen LogP contribution in [0.4, 0.5) is 0 Å². The number of aliphatic carboxylic acids is 1. The van der Waals surface area contributed by atoms with Gasteiger partial charge in [-0.05, 0) is 37.9 Å². The highest BCUT2D eigenvalue weighted by Gasteiger charge is 2.40. The van der Waals surface area contributed by atoms with Crippen molar-refractivity contribution in [3.05, 3.63) is 0 Å². The number of rotatable bonds is 10. The summed E-state index contributed by atoms with van der Waals surface area (Å²) < 4.78 is 0. The van der Waals surface area contributed by atoms with Crippen molar-refractivity contribution in [2.45, 2.75) is 62.8 Å². The molecule has 0 aromatic heterocycles. The number of thioether (sulfide) groups is 1. The van der Waals surface area contributed by atoms with Crippen LogP contribution in [0, 0.1) is 0 Å². The molecule has 1 fully saturated rings. The zero-order valence-electron chi connectivity index (χ0n) is 11.3. The van der Waals surface area contributed by atoms with Gasteiger partial charge in [0.15, 0.2) is 0 Å². The molecule has 2 unspecified atom stereocenters. The molecule has 3 N–H and O–H groups in total. The maximum atomic E-state index is 11.5. The number of aliphatic hydroxyl groups excluding tert-OH is 1. The molecule has 0 amide bonds. The summed E-state index contributed by atoms with van der Waals surface area (Å²) in [6.07, 6.45) is 4.37. The molecule has 1 aliphatic rings. The Morgan fingerprint density at radius 3 is 2.67 bits per heavy atom. The number of hydrogen-bond acceptors (Lipinski definition) is 4. The van der Waals surface area contributed by atoms with E-state index in [9.17, 15) is 9.90 Å². The van der Waals surface area contributed by atoms with E-state index < -0.39 is 11.5 Å². The van der Waals surface area contributed by atoms with Gasteiger partial charge in [-0.3, -0.25) is 10.1 Å². The summed E-state index contributed by atoms with van der Waals surface area (Å²) >= 11 is 1.70. The minimum Gasteiger partial charge on any atom is -0.480 e. The van der Waals surface area contributed by atoms with Crippen molar-refractivity contribution in [1.29, 1.82) is 0 Å². The number of hydrogen-bond donors (Lipinski definition) is 3. The summed E-state index contributed by atoms with van der Waals surface area (Å²) in [5.74, 6) is 0.181. The molecule has 1 saturated carbocycles. The maximum absolute atomic E-state index is 11.5. The fourth-order valence-corrected chi connectivity index (χ4v) is 2.82. The number of carbonyl (C=O) groups is 1. The van der Waals surface area contributed by atoms with Gasteiger partial charge in [-0.15, -0.1) is 0 Å². The standard InChI is InChI=1S/C13H25NO3S/c1-3-13(12(16)17,14-11-5-6-11)7-4-8-18-10(2)9-15/h10-11,14-15H,3-9H2,1-2H3,(H,16,17). The second kappa shape index (κ2) is 7.36. The summed E-state index contributed by atoms with van der Waals surface area (Å²) in [6.45, 7) is 4.10. The first-order valence-electron chi connectivity index (χ1n) is 6.77. The summed E-state index contributed by atoms with van der Waals surface area (Å²) in [4.78, 5) is 11.5. The predicted octanol–water partition coefficient (Wildman–Crippen LogP) is 1.87. The Balaban J connectivity index is 2.37. The van der Waals surface area contributed by atoms with Crippen molar-refractivity contribution in [2.24, 2.45) is 0 Å². The van der Waals surface area contributed by atoms with Crippen molar-refractivity contribution in [3.63, 3.8) is 0 Å². The molecular formula is C13H25NO3S. The molecule has 0 spiro atoms. The molecule has 0 aromatic carbocycles. The quantitative estimate of drug-likeness (QED) is 0.531. The average Bonchev–Trinajstić information content (AvgIpc) is 3.16. The van der Waals surface area contributed by atoms with E-state index in [0.717, 1.165) is 25.0 Å². The molecule has 0 aromatic rings. The van der Waals surface area contributed by atoms with Gasteiger partial charge in [-0.2, -0.15) is 11.8 Å². The van der Waals surface area contributed by atoms with Crippen LogP contribution in [-0.4, -0.2) is 45.4 Å². The Hall–Kier alpha value is -0.260. The van der Waals surface area contributed by atoms with Gasteiger partial charge in [0.25, 0.3) is 0 Å². The van der Waals surface area contributed by atoms with Gasteiger partial charge in [0.05, 0.1) is 6.61 Å². The van der Waals surface area contributed by atoms with Crippen molar-refractivity contribution in [3.8, 4) is 0 Å². The van der Waals surface area contributed by atoms with Gasteiger partial charge in [-0.1, -0.05) is 13.8 Å². The van der Waals surface area contributed by atoms with Gasteiger partial charge in [0.1, 0.15) is 5.54 Å². The fraction of sp³-hybridized carbons (Fsp3) is 0.923. The molecule has 106 valence electrons. The summed E-state index contributed by atoms with van der Waals surface area (Å²) in [5, 5.41) is 21.9. The number of aliphatic hydroxyl groups is 1. The Morgan fingerprint density at radius 2 is 2.22 bits per heavy atom. The molecule has 2 atom stereocenters. The van der Waals surface area contributed by atoms with E-state index in [2.05, 4.69) is 5.32 Å². The van der Waals surface area contributed by atoms with Gasteiger partial charge >= 0.3 is 5.97 Å². The lowest BCUT2D eigenvalue weighted by Crippen LogP contribution is -2.52. The van der Waals surface area contributed by atoms with Gasteiger partial charge in [0.2, 0.25) is 0 Å². The zero-order chi connectivity index (χ0) is 13.6. The van der Waals surface area contributed by atoms with Crippen LogP contribution in [0.2, 0.25) is 0 Å². The Morgan fingerprint density at radius 1 is 1.56 bits per heavy atom. The van der Waals surface area contributed by atoms with E-state index in [-0.39, 0.29) is 11.9 Å². The molecule has 0 aliphatic heterocycles. The fourth-order valence-electron chi connectivity index (χ4n) is 2.00. The van der Waals surface area contributed by atoms with Crippen LogP contribution in [0.3, 0.4) is 0 Å². The first kappa shape index (κ1) is 15.8. The number of carboxylic acids is 1. The van der Waals surface area contributed by atoms with Crippen LogP contribution in [-0.2, 0) is 4.79 Å². The van der Waals surface area contributed by atoms with Crippen LogP contribution in [0.25, 0.3) is 0 Å². The lowest BCUT2D eigenvalue weighted by molar-refractivity contribution is -0.145. The van der Waals surface area contributed by atoms with E-state index in [4.69, 9.17) is 5.11 Å². The van der Waals surface area contributed by atoms with Crippen LogP contribution < -0.4 is 5.32 Å². The van der Waals surface area contributed by atoms with Crippen molar-refractivity contribution >= 4 is 17.7 Å². The van der Waals surface area contributed by atoms with Crippen LogP contribution >= 0.6 is 11.8 Å². The normalized spacial score (nSPS) is 20.4. The monoisotopic (exact) mass is 275 g/mol. The SMILES string of the molecule is CCC(CCCSC(C)CO)(NC1CC1)C(=O)O. The van der Waals surface area contributed by atoms with E-state index in [0.29, 0.717) is 18.9 Å².